The van der Waals surface area contributed by atoms with Crippen molar-refractivity contribution in [3.8, 4) is 0 Å². The monoisotopic (exact) mass is 226 g/mol. The summed E-state index contributed by atoms with van der Waals surface area (Å²) in [5.41, 5.74) is 6.00. The number of carbonyl (C=O) groups is 1. The minimum atomic E-state index is -0.310. The van der Waals surface area contributed by atoms with Crippen molar-refractivity contribution in [3.63, 3.8) is 0 Å². The SMILES string of the molecule is NC(=O)C[CH]c1cccc(Br)c1. The highest BCUT2D eigenvalue weighted by molar-refractivity contribution is 9.10. The molecule has 0 aliphatic heterocycles. The third-order valence-corrected chi connectivity index (χ3v) is 1.88. The second-order valence-electron chi connectivity index (χ2n) is 2.43. The number of primary amides is 1. The molecule has 0 saturated carbocycles. The van der Waals surface area contributed by atoms with Crippen LogP contribution in [0.3, 0.4) is 0 Å². The van der Waals surface area contributed by atoms with E-state index in [1.54, 1.807) is 6.42 Å². The van der Waals surface area contributed by atoms with E-state index in [4.69, 9.17) is 5.73 Å². The second-order valence-corrected chi connectivity index (χ2v) is 3.35. The van der Waals surface area contributed by atoms with Gasteiger partial charge in [-0.25, -0.2) is 0 Å². The zero-order chi connectivity index (χ0) is 8.97. The molecule has 0 fully saturated rings. The summed E-state index contributed by atoms with van der Waals surface area (Å²) in [5.74, 6) is -0.310. The van der Waals surface area contributed by atoms with Gasteiger partial charge in [-0.15, -0.1) is 0 Å². The van der Waals surface area contributed by atoms with Gasteiger partial charge in [0.1, 0.15) is 0 Å². The Balaban J connectivity index is 2.57. The summed E-state index contributed by atoms with van der Waals surface area (Å²) in [7, 11) is 0. The van der Waals surface area contributed by atoms with Crippen molar-refractivity contribution < 1.29 is 4.79 Å². The topological polar surface area (TPSA) is 43.1 Å². The van der Waals surface area contributed by atoms with Gasteiger partial charge < -0.3 is 5.73 Å². The van der Waals surface area contributed by atoms with Crippen LogP contribution in [-0.2, 0) is 4.79 Å². The summed E-state index contributed by atoms with van der Waals surface area (Å²) < 4.78 is 1.00. The lowest BCUT2D eigenvalue weighted by molar-refractivity contribution is -0.117. The molecule has 0 atom stereocenters. The molecular formula is C9H9BrNO. The molecular weight excluding hydrogens is 218 g/mol. The van der Waals surface area contributed by atoms with E-state index in [9.17, 15) is 4.79 Å². The van der Waals surface area contributed by atoms with Gasteiger partial charge in [-0.2, -0.15) is 0 Å². The number of hydrogen-bond acceptors (Lipinski definition) is 1. The van der Waals surface area contributed by atoms with Crippen LogP contribution in [0, 0.1) is 6.42 Å². The summed E-state index contributed by atoms with van der Waals surface area (Å²) >= 11 is 3.33. The first kappa shape index (κ1) is 9.26. The fraction of sp³-hybridized carbons (Fsp3) is 0.111. The van der Waals surface area contributed by atoms with E-state index in [1.165, 1.54) is 0 Å². The van der Waals surface area contributed by atoms with Crippen molar-refractivity contribution in [2.75, 3.05) is 0 Å². The van der Waals surface area contributed by atoms with Gasteiger partial charge in [-0.05, 0) is 24.1 Å². The van der Waals surface area contributed by atoms with Crippen LogP contribution < -0.4 is 5.73 Å². The number of benzene rings is 1. The molecule has 1 aromatic carbocycles. The fourth-order valence-electron chi connectivity index (χ4n) is 0.852. The fourth-order valence-corrected chi connectivity index (χ4v) is 1.27. The molecule has 0 heterocycles. The molecule has 0 bridgehead atoms. The summed E-state index contributed by atoms with van der Waals surface area (Å²) in [6.07, 6.45) is 2.09. The van der Waals surface area contributed by atoms with E-state index in [1.807, 2.05) is 24.3 Å². The van der Waals surface area contributed by atoms with Crippen molar-refractivity contribution >= 4 is 21.8 Å². The standard InChI is InChI=1S/C9H9BrNO/c10-8-3-1-2-7(6-8)4-5-9(11)12/h1-4,6H,5H2,(H2,11,12). The Kier molecular flexibility index (Phi) is 3.29. The summed E-state index contributed by atoms with van der Waals surface area (Å²) in [5, 5.41) is 0. The van der Waals surface area contributed by atoms with Gasteiger partial charge in [-0.1, -0.05) is 28.1 Å². The molecule has 2 nitrogen and oxygen atoms in total. The van der Waals surface area contributed by atoms with Gasteiger partial charge in [-0.3, -0.25) is 4.79 Å². The van der Waals surface area contributed by atoms with E-state index in [2.05, 4.69) is 15.9 Å². The lowest BCUT2D eigenvalue weighted by Crippen LogP contribution is -2.10. The molecule has 0 spiro atoms. The molecule has 0 aliphatic rings. The third-order valence-electron chi connectivity index (χ3n) is 1.39. The molecule has 12 heavy (non-hydrogen) atoms. The maximum absolute atomic E-state index is 10.4. The Labute approximate surface area is 79.9 Å². The zero-order valence-corrected chi connectivity index (χ0v) is 8.04. The first-order valence-electron chi connectivity index (χ1n) is 3.55. The molecule has 1 aromatic rings. The number of halogens is 1. The number of nitrogens with two attached hydrogens (primary N) is 1. The average Bonchev–Trinajstić information content (AvgIpc) is 2.01. The minimum Gasteiger partial charge on any atom is -0.370 e. The van der Waals surface area contributed by atoms with Crippen LogP contribution in [0.25, 0.3) is 0 Å². The van der Waals surface area contributed by atoms with Crippen molar-refractivity contribution in [1.82, 2.24) is 0 Å². The first-order chi connectivity index (χ1) is 5.68. The number of hydrogen-bond donors (Lipinski definition) is 1. The van der Waals surface area contributed by atoms with Crippen LogP contribution in [-0.4, -0.2) is 5.91 Å². The highest BCUT2D eigenvalue weighted by Gasteiger charge is 1.97. The molecule has 63 valence electrons. The summed E-state index contributed by atoms with van der Waals surface area (Å²) in [6, 6.07) is 7.70. The Hall–Kier alpha value is -0.830. The zero-order valence-electron chi connectivity index (χ0n) is 6.46. The van der Waals surface area contributed by atoms with Gasteiger partial charge in [0.25, 0.3) is 0 Å². The van der Waals surface area contributed by atoms with E-state index in [-0.39, 0.29) is 12.3 Å². The predicted octanol–water partition coefficient (Wildman–Crippen LogP) is 1.88. The first-order valence-corrected chi connectivity index (χ1v) is 4.35. The molecule has 1 amide bonds. The van der Waals surface area contributed by atoms with Gasteiger partial charge in [0.15, 0.2) is 0 Å². The van der Waals surface area contributed by atoms with Crippen molar-refractivity contribution in [2.45, 2.75) is 6.42 Å². The molecule has 1 radical (unpaired) electrons. The van der Waals surface area contributed by atoms with Crippen molar-refractivity contribution in [2.24, 2.45) is 5.73 Å². The quantitative estimate of drug-likeness (QED) is 0.841. The van der Waals surface area contributed by atoms with Crippen LogP contribution in [0.1, 0.15) is 12.0 Å². The second kappa shape index (κ2) is 4.26. The van der Waals surface area contributed by atoms with Crippen molar-refractivity contribution in [3.05, 3.63) is 40.7 Å². The van der Waals surface area contributed by atoms with Crippen LogP contribution >= 0.6 is 15.9 Å². The lowest BCUT2D eigenvalue weighted by atomic mass is 10.1. The Bertz CT molecular complexity index is 286. The van der Waals surface area contributed by atoms with E-state index in [0.29, 0.717) is 0 Å². The number of rotatable bonds is 3. The predicted molar refractivity (Wildman–Crippen MR) is 51.4 cm³/mol. The molecule has 0 aliphatic carbocycles. The summed E-state index contributed by atoms with van der Waals surface area (Å²) in [4.78, 5) is 10.4. The molecule has 0 aromatic heterocycles. The van der Waals surface area contributed by atoms with Gasteiger partial charge >= 0.3 is 0 Å². The van der Waals surface area contributed by atoms with Gasteiger partial charge in [0.2, 0.25) is 5.91 Å². The average molecular weight is 227 g/mol. The Morgan fingerprint density at radius 1 is 1.58 bits per heavy atom. The normalized spacial score (nSPS) is 9.75. The van der Waals surface area contributed by atoms with E-state index in [0.717, 1.165) is 10.0 Å². The molecule has 1 rings (SSSR count). The molecule has 2 N–H and O–H groups in total. The van der Waals surface area contributed by atoms with Crippen LogP contribution in [0.4, 0.5) is 0 Å². The molecule has 3 heteroatoms. The minimum absolute atomic E-state index is 0.288. The Morgan fingerprint density at radius 3 is 2.92 bits per heavy atom. The number of carbonyl (C=O) groups excluding carboxylic acids is 1. The summed E-state index contributed by atoms with van der Waals surface area (Å²) in [6.45, 7) is 0. The van der Waals surface area contributed by atoms with Crippen LogP contribution in [0.2, 0.25) is 0 Å². The maximum atomic E-state index is 10.4. The van der Waals surface area contributed by atoms with Crippen molar-refractivity contribution in [1.29, 1.82) is 0 Å². The molecule has 0 unspecified atom stereocenters. The lowest BCUT2D eigenvalue weighted by Gasteiger charge is -1.98. The van der Waals surface area contributed by atoms with E-state index >= 15 is 0 Å². The number of amides is 1. The highest BCUT2D eigenvalue weighted by Crippen LogP contribution is 2.13. The largest absolute Gasteiger partial charge is 0.370 e. The van der Waals surface area contributed by atoms with Gasteiger partial charge in [0.05, 0.1) is 0 Å². The van der Waals surface area contributed by atoms with Gasteiger partial charge in [0, 0.05) is 10.9 Å². The molecule has 0 saturated heterocycles. The Morgan fingerprint density at radius 2 is 2.33 bits per heavy atom. The van der Waals surface area contributed by atoms with Crippen LogP contribution in [0.15, 0.2) is 28.7 Å². The smallest absolute Gasteiger partial charge is 0.218 e. The van der Waals surface area contributed by atoms with E-state index < -0.39 is 0 Å². The maximum Gasteiger partial charge on any atom is 0.218 e. The highest BCUT2D eigenvalue weighted by atomic mass is 79.9. The van der Waals surface area contributed by atoms with Crippen LogP contribution in [0.5, 0.6) is 0 Å². The third kappa shape index (κ3) is 3.05.